The predicted molar refractivity (Wildman–Crippen MR) is 122 cm³/mol. The molecule has 1 aromatic carbocycles. The molecule has 0 atom stereocenters. The summed E-state index contributed by atoms with van der Waals surface area (Å²) in [6, 6.07) is 9.67. The number of pyridine rings is 1. The third kappa shape index (κ3) is 4.11. The monoisotopic (exact) mass is 433 g/mol. The highest BCUT2D eigenvalue weighted by atomic mass is 32.1. The Bertz CT molecular complexity index is 1330. The molecule has 0 unspecified atom stereocenters. The molecule has 0 aliphatic heterocycles. The molecule has 0 saturated carbocycles. The van der Waals surface area contributed by atoms with Crippen LogP contribution in [-0.4, -0.2) is 25.4 Å². The van der Waals surface area contributed by atoms with E-state index in [0.717, 1.165) is 27.0 Å². The van der Waals surface area contributed by atoms with E-state index < -0.39 is 0 Å². The molecule has 0 aliphatic rings. The Kier molecular flexibility index (Phi) is 5.65. The van der Waals surface area contributed by atoms with Crippen LogP contribution in [-0.2, 0) is 17.9 Å². The number of amides is 1. The zero-order chi connectivity index (χ0) is 22.1. The molecule has 0 bridgehead atoms. The summed E-state index contributed by atoms with van der Waals surface area (Å²) < 4.78 is 2.36. The van der Waals surface area contributed by atoms with Gasteiger partial charge in [-0.3, -0.25) is 24.0 Å². The number of hydrogen-bond acceptors (Lipinski definition) is 6. The molecule has 4 aromatic rings. The minimum Gasteiger partial charge on any atom is -0.289 e. The minimum absolute atomic E-state index is 0.117. The van der Waals surface area contributed by atoms with Gasteiger partial charge in [-0.15, -0.1) is 0 Å². The van der Waals surface area contributed by atoms with E-state index in [1.165, 1.54) is 22.2 Å². The van der Waals surface area contributed by atoms with Crippen LogP contribution in [0.25, 0.3) is 10.2 Å². The maximum Gasteiger partial charge on any atom is 0.256 e. The number of aryl methyl sites for hydroxylation is 3. The number of rotatable bonds is 5. The van der Waals surface area contributed by atoms with Crippen molar-refractivity contribution in [3.63, 3.8) is 0 Å². The van der Waals surface area contributed by atoms with E-state index in [9.17, 15) is 9.59 Å². The fourth-order valence-electron chi connectivity index (χ4n) is 3.27. The van der Waals surface area contributed by atoms with Crippen LogP contribution in [0.2, 0.25) is 0 Å². The summed E-state index contributed by atoms with van der Waals surface area (Å²) in [6.45, 7) is 7.73. The van der Waals surface area contributed by atoms with E-state index in [-0.39, 0.29) is 24.6 Å². The van der Waals surface area contributed by atoms with E-state index in [1.54, 1.807) is 24.9 Å². The van der Waals surface area contributed by atoms with Crippen molar-refractivity contribution in [3.05, 3.63) is 81.3 Å². The summed E-state index contributed by atoms with van der Waals surface area (Å²) in [5, 5.41) is 0.587. The van der Waals surface area contributed by atoms with Gasteiger partial charge in [-0.1, -0.05) is 23.5 Å². The number of anilines is 1. The number of hydrogen-bond donors (Lipinski definition) is 0. The van der Waals surface area contributed by atoms with Gasteiger partial charge in [0.15, 0.2) is 5.13 Å². The normalized spacial score (nSPS) is 11.1. The SMILES string of the molecule is Cc1ccc2sc(N(Cc3ccccn3)C(=O)Cn3cnc(C)c(C)c3=O)nc2c1C. The predicted octanol–water partition coefficient (Wildman–Crippen LogP) is 3.72. The quantitative estimate of drug-likeness (QED) is 0.479. The van der Waals surface area contributed by atoms with Crippen molar-refractivity contribution in [2.24, 2.45) is 0 Å². The fraction of sp³-hybridized carbons (Fsp3) is 0.261. The largest absolute Gasteiger partial charge is 0.289 e. The lowest BCUT2D eigenvalue weighted by Gasteiger charge is -2.20. The molecule has 1 amide bonds. The first kappa shape index (κ1) is 20.9. The molecule has 7 nitrogen and oxygen atoms in total. The number of nitrogens with zero attached hydrogens (tertiary/aromatic N) is 5. The average Bonchev–Trinajstić information content (AvgIpc) is 3.20. The average molecular weight is 434 g/mol. The Morgan fingerprint density at radius 3 is 2.61 bits per heavy atom. The summed E-state index contributed by atoms with van der Waals surface area (Å²) in [4.78, 5) is 40.9. The van der Waals surface area contributed by atoms with Crippen LogP contribution in [0, 0.1) is 27.7 Å². The van der Waals surface area contributed by atoms with Gasteiger partial charge in [0.25, 0.3) is 5.56 Å². The van der Waals surface area contributed by atoms with Crippen LogP contribution in [0.3, 0.4) is 0 Å². The lowest BCUT2D eigenvalue weighted by molar-refractivity contribution is -0.119. The Morgan fingerprint density at radius 2 is 1.87 bits per heavy atom. The lowest BCUT2D eigenvalue weighted by atomic mass is 10.1. The molecule has 3 aromatic heterocycles. The maximum atomic E-state index is 13.4. The van der Waals surface area contributed by atoms with Crippen LogP contribution in [0.1, 0.15) is 28.1 Å². The molecule has 31 heavy (non-hydrogen) atoms. The topological polar surface area (TPSA) is 81.0 Å². The Hall–Kier alpha value is -3.39. The molecule has 3 heterocycles. The number of carbonyl (C=O) groups is 1. The van der Waals surface area contributed by atoms with Gasteiger partial charge in [0.05, 0.1) is 28.8 Å². The van der Waals surface area contributed by atoms with Crippen molar-refractivity contribution in [3.8, 4) is 0 Å². The molecule has 0 saturated heterocycles. The van der Waals surface area contributed by atoms with E-state index >= 15 is 0 Å². The van der Waals surface area contributed by atoms with E-state index in [0.29, 0.717) is 16.4 Å². The van der Waals surface area contributed by atoms with Crippen molar-refractivity contribution in [1.29, 1.82) is 0 Å². The van der Waals surface area contributed by atoms with Gasteiger partial charge < -0.3 is 0 Å². The second kappa shape index (κ2) is 8.39. The highest BCUT2D eigenvalue weighted by Crippen LogP contribution is 2.32. The first-order valence-electron chi connectivity index (χ1n) is 9.95. The Labute approximate surface area is 184 Å². The van der Waals surface area contributed by atoms with Crippen molar-refractivity contribution < 1.29 is 4.79 Å². The van der Waals surface area contributed by atoms with Gasteiger partial charge in [-0.2, -0.15) is 0 Å². The second-order valence-corrected chi connectivity index (χ2v) is 8.55. The smallest absolute Gasteiger partial charge is 0.256 e. The zero-order valence-electron chi connectivity index (χ0n) is 17.9. The molecule has 4 rings (SSSR count). The summed E-state index contributed by atoms with van der Waals surface area (Å²) in [6.07, 6.45) is 3.12. The van der Waals surface area contributed by atoms with E-state index in [1.807, 2.05) is 38.1 Å². The molecule has 0 N–H and O–H groups in total. The van der Waals surface area contributed by atoms with E-state index in [2.05, 4.69) is 16.0 Å². The summed E-state index contributed by atoms with van der Waals surface area (Å²) in [5.74, 6) is -0.244. The van der Waals surface area contributed by atoms with Crippen molar-refractivity contribution in [2.75, 3.05) is 4.90 Å². The first-order chi connectivity index (χ1) is 14.8. The van der Waals surface area contributed by atoms with Crippen molar-refractivity contribution >= 4 is 32.6 Å². The van der Waals surface area contributed by atoms with Crippen molar-refractivity contribution in [1.82, 2.24) is 19.5 Å². The molecular formula is C23H23N5O2S. The standard InChI is InChI=1S/C23H23N5O2S/c1-14-8-9-19-21(15(14)2)26-23(31-19)28(11-18-7-5-6-10-24-18)20(29)12-27-13-25-17(4)16(3)22(27)30/h5-10,13H,11-12H2,1-4H3. The third-order valence-electron chi connectivity index (χ3n) is 5.47. The van der Waals surface area contributed by atoms with Crippen LogP contribution >= 0.6 is 11.3 Å². The Morgan fingerprint density at radius 1 is 1.06 bits per heavy atom. The molecule has 0 radical (unpaired) electrons. The van der Waals surface area contributed by atoms with Gasteiger partial charge in [-0.25, -0.2) is 9.97 Å². The minimum atomic E-state index is -0.244. The van der Waals surface area contributed by atoms with Crippen molar-refractivity contribution in [2.45, 2.75) is 40.8 Å². The molecule has 0 fully saturated rings. The van der Waals surface area contributed by atoms with Crippen LogP contribution in [0.5, 0.6) is 0 Å². The zero-order valence-corrected chi connectivity index (χ0v) is 18.7. The molecule has 0 aliphatic carbocycles. The first-order valence-corrected chi connectivity index (χ1v) is 10.8. The maximum absolute atomic E-state index is 13.4. The fourth-order valence-corrected chi connectivity index (χ4v) is 4.31. The van der Waals surface area contributed by atoms with Crippen LogP contribution < -0.4 is 10.5 Å². The summed E-state index contributed by atoms with van der Waals surface area (Å²) >= 11 is 1.46. The number of aromatic nitrogens is 4. The van der Waals surface area contributed by atoms with Gasteiger partial charge in [0.1, 0.15) is 6.54 Å². The number of thiazole rings is 1. The number of carbonyl (C=O) groups excluding carboxylic acids is 1. The van der Waals surface area contributed by atoms with Gasteiger partial charge >= 0.3 is 0 Å². The number of fused-ring (bicyclic) bond motifs is 1. The highest BCUT2D eigenvalue weighted by molar-refractivity contribution is 7.22. The Balaban J connectivity index is 1.74. The van der Waals surface area contributed by atoms with Gasteiger partial charge in [0, 0.05) is 17.5 Å². The second-order valence-electron chi connectivity index (χ2n) is 7.54. The third-order valence-corrected chi connectivity index (χ3v) is 6.52. The molecule has 158 valence electrons. The van der Waals surface area contributed by atoms with Crippen LogP contribution in [0.4, 0.5) is 5.13 Å². The van der Waals surface area contributed by atoms with E-state index in [4.69, 9.17) is 4.98 Å². The molecule has 0 spiro atoms. The summed E-state index contributed by atoms with van der Waals surface area (Å²) in [5.41, 5.74) is 4.88. The lowest BCUT2D eigenvalue weighted by Crippen LogP contribution is -2.37. The molecular weight excluding hydrogens is 410 g/mol. The molecule has 8 heteroatoms. The van der Waals surface area contributed by atoms with Gasteiger partial charge in [-0.05, 0) is 57.0 Å². The number of benzene rings is 1. The summed E-state index contributed by atoms with van der Waals surface area (Å²) in [7, 11) is 0. The highest BCUT2D eigenvalue weighted by Gasteiger charge is 2.22. The van der Waals surface area contributed by atoms with Gasteiger partial charge in [0.2, 0.25) is 5.91 Å². The van der Waals surface area contributed by atoms with Crippen LogP contribution in [0.15, 0.2) is 47.7 Å².